The number of rotatable bonds is 4. The fourth-order valence-corrected chi connectivity index (χ4v) is 2.09. The standard InChI is InChI=1S/C10H15N3O2S2/c1-7(12-10(11)16)8-3-5-9(6-4-8)13-17(2,14)15/h3-7,13H,1-2H3,(H3,11,12,16). The van der Waals surface area contributed by atoms with E-state index < -0.39 is 10.0 Å². The molecular weight excluding hydrogens is 258 g/mol. The average Bonchev–Trinajstić information content (AvgIpc) is 2.15. The van der Waals surface area contributed by atoms with Crippen LogP contribution in [0.15, 0.2) is 24.3 Å². The molecule has 1 unspecified atom stereocenters. The fourth-order valence-electron chi connectivity index (χ4n) is 1.35. The Balaban J connectivity index is 2.77. The molecule has 0 aliphatic heterocycles. The predicted octanol–water partition coefficient (Wildman–Crippen LogP) is 0.952. The van der Waals surface area contributed by atoms with E-state index in [2.05, 4.69) is 10.0 Å². The number of hydrogen-bond donors (Lipinski definition) is 3. The van der Waals surface area contributed by atoms with Crippen molar-refractivity contribution < 1.29 is 8.42 Å². The highest BCUT2D eigenvalue weighted by Gasteiger charge is 2.06. The van der Waals surface area contributed by atoms with Gasteiger partial charge < -0.3 is 11.1 Å². The Morgan fingerprint density at radius 3 is 2.29 bits per heavy atom. The van der Waals surface area contributed by atoms with Crippen LogP contribution in [0, 0.1) is 0 Å². The number of hydrogen-bond acceptors (Lipinski definition) is 3. The Kier molecular flexibility index (Phi) is 4.30. The van der Waals surface area contributed by atoms with Crippen LogP contribution in [0.2, 0.25) is 0 Å². The van der Waals surface area contributed by atoms with Gasteiger partial charge in [-0.15, -0.1) is 0 Å². The second-order valence-electron chi connectivity index (χ2n) is 3.73. The maximum Gasteiger partial charge on any atom is 0.229 e. The minimum Gasteiger partial charge on any atom is -0.376 e. The number of nitrogens with two attached hydrogens (primary N) is 1. The third-order valence-electron chi connectivity index (χ3n) is 2.07. The minimum atomic E-state index is -3.24. The lowest BCUT2D eigenvalue weighted by Crippen LogP contribution is -2.31. The molecule has 0 saturated carbocycles. The maximum atomic E-state index is 11.0. The highest BCUT2D eigenvalue weighted by atomic mass is 32.2. The second-order valence-corrected chi connectivity index (χ2v) is 5.91. The van der Waals surface area contributed by atoms with Gasteiger partial charge in [-0.1, -0.05) is 12.1 Å². The lowest BCUT2D eigenvalue weighted by molar-refractivity contribution is 0.607. The van der Waals surface area contributed by atoms with Crippen molar-refractivity contribution in [3.8, 4) is 0 Å². The number of nitrogens with one attached hydrogen (secondary N) is 2. The quantitative estimate of drug-likeness (QED) is 0.711. The summed E-state index contributed by atoms with van der Waals surface area (Å²) in [5.74, 6) is 0. The summed E-state index contributed by atoms with van der Waals surface area (Å²) in [5.41, 5.74) is 6.87. The molecule has 17 heavy (non-hydrogen) atoms. The summed E-state index contributed by atoms with van der Waals surface area (Å²) in [6, 6.07) is 6.98. The zero-order valence-corrected chi connectivity index (χ0v) is 11.2. The van der Waals surface area contributed by atoms with Crippen molar-refractivity contribution in [2.45, 2.75) is 13.0 Å². The predicted molar refractivity (Wildman–Crippen MR) is 73.2 cm³/mol. The van der Waals surface area contributed by atoms with Crippen molar-refractivity contribution in [3.63, 3.8) is 0 Å². The summed E-state index contributed by atoms with van der Waals surface area (Å²) in [5, 5.41) is 3.13. The Labute approximate surface area is 106 Å². The Bertz CT molecular complexity index is 497. The molecule has 0 heterocycles. The van der Waals surface area contributed by atoms with Gasteiger partial charge >= 0.3 is 0 Å². The maximum absolute atomic E-state index is 11.0. The third-order valence-corrected chi connectivity index (χ3v) is 2.80. The smallest absolute Gasteiger partial charge is 0.229 e. The van der Waals surface area contributed by atoms with E-state index in [0.717, 1.165) is 11.8 Å². The number of benzene rings is 1. The molecule has 1 rings (SSSR count). The molecule has 0 aliphatic carbocycles. The van der Waals surface area contributed by atoms with Crippen LogP contribution < -0.4 is 15.8 Å². The van der Waals surface area contributed by atoms with Crippen LogP contribution in [0.5, 0.6) is 0 Å². The highest BCUT2D eigenvalue weighted by molar-refractivity contribution is 7.92. The van der Waals surface area contributed by atoms with Gasteiger partial charge in [-0.05, 0) is 36.8 Å². The first-order chi connectivity index (χ1) is 7.78. The summed E-state index contributed by atoms with van der Waals surface area (Å²) < 4.78 is 24.4. The molecule has 0 aromatic heterocycles. The first-order valence-electron chi connectivity index (χ1n) is 4.91. The normalized spacial score (nSPS) is 12.8. The van der Waals surface area contributed by atoms with Crippen LogP contribution in [-0.4, -0.2) is 19.8 Å². The summed E-state index contributed by atoms with van der Waals surface area (Å²) in [6.45, 7) is 1.91. The Morgan fingerprint density at radius 1 is 1.35 bits per heavy atom. The SMILES string of the molecule is CC(NC(N)=S)c1ccc(NS(C)(=O)=O)cc1. The van der Waals surface area contributed by atoms with Gasteiger partial charge in [0.15, 0.2) is 5.11 Å². The second kappa shape index (κ2) is 5.33. The van der Waals surface area contributed by atoms with Gasteiger partial charge in [0.1, 0.15) is 0 Å². The van der Waals surface area contributed by atoms with Gasteiger partial charge in [-0.3, -0.25) is 4.72 Å². The molecule has 0 fully saturated rings. The lowest BCUT2D eigenvalue weighted by Gasteiger charge is -2.14. The van der Waals surface area contributed by atoms with E-state index in [1.807, 2.05) is 19.1 Å². The van der Waals surface area contributed by atoms with Crippen LogP contribution in [-0.2, 0) is 10.0 Å². The monoisotopic (exact) mass is 273 g/mol. The highest BCUT2D eigenvalue weighted by Crippen LogP contribution is 2.16. The molecule has 7 heteroatoms. The average molecular weight is 273 g/mol. The molecule has 94 valence electrons. The summed E-state index contributed by atoms with van der Waals surface area (Å²) >= 11 is 4.74. The minimum absolute atomic E-state index is 0.0141. The first-order valence-corrected chi connectivity index (χ1v) is 7.21. The van der Waals surface area contributed by atoms with Crippen LogP contribution in [0.4, 0.5) is 5.69 Å². The van der Waals surface area contributed by atoms with Gasteiger partial charge in [-0.25, -0.2) is 8.42 Å². The largest absolute Gasteiger partial charge is 0.376 e. The van der Waals surface area contributed by atoms with Crippen LogP contribution in [0.1, 0.15) is 18.5 Å². The van der Waals surface area contributed by atoms with Gasteiger partial charge in [0, 0.05) is 5.69 Å². The molecule has 1 aromatic carbocycles. The van der Waals surface area contributed by atoms with Gasteiger partial charge in [-0.2, -0.15) is 0 Å². The van der Waals surface area contributed by atoms with E-state index in [4.69, 9.17) is 18.0 Å². The zero-order chi connectivity index (χ0) is 13.1. The zero-order valence-electron chi connectivity index (χ0n) is 9.60. The van der Waals surface area contributed by atoms with Crippen LogP contribution in [0.25, 0.3) is 0 Å². The molecule has 5 nitrogen and oxygen atoms in total. The Morgan fingerprint density at radius 2 is 1.88 bits per heavy atom. The molecule has 4 N–H and O–H groups in total. The summed E-state index contributed by atoms with van der Waals surface area (Å²) in [7, 11) is -3.24. The van der Waals surface area contributed by atoms with Crippen LogP contribution in [0.3, 0.4) is 0 Å². The molecule has 0 aliphatic rings. The molecule has 0 bridgehead atoms. The van der Waals surface area contributed by atoms with E-state index in [-0.39, 0.29) is 11.2 Å². The van der Waals surface area contributed by atoms with Crippen molar-refractivity contribution in [2.24, 2.45) is 5.73 Å². The van der Waals surface area contributed by atoms with Crippen molar-refractivity contribution >= 4 is 33.0 Å². The van der Waals surface area contributed by atoms with Crippen molar-refractivity contribution in [2.75, 3.05) is 11.0 Å². The molecule has 0 radical (unpaired) electrons. The van der Waals surface area contributed by atoms with Crippen molar-refractivity contribution in [1.82, 2.24) is 5.32 Å². The van der Waals surface area contributed by atoms with Crippen molar-refractivity contribution in [1.29, 1.82) is 0 Å². The molecule has 0 spiro atoms. The topological polar surface area (TPSA) is 84.2 Å². The third kappa shape index (κ3) is 5.01. The lowest BCUT2D eigenvalue weighted by atomic mass is 10.1. The molecule has 0 amide bonds. The van der Waals surface area contributed by atoms with Gasteiger partial charge in [0.2, 0.25) is 10.0 Å². The fraction of sp³-hybridized carbons (Fsp3) is 0.300. The van der Waals surface area contributed by atoms with E-state index >= 15 is 0 Å². The van der Waals surface area contributed by atoms with E-state index in [0.29, 0.717) is 5.69 Å². The van der Waals surface area contributed by atoms with Crippen molar-refractivity contribution in [3.05, 3.63) is 29.8 Å². The van der Waals surface area contributed by atoms with E-state index in [1.165, 1.54) is 0 Å². The van der Waals surface area contributed by atoms with E-state index in [9.17, 15) is 8.42 Å². The number of anilines is 1. The molecule has 0 saturated heterocycles. The number of sulfonamides is 1. The van der Waals surface area contributed by atoms with Gasteiger partial charge in [0.05, 0.1) is 12.3 Å². The number of thiocarbonyl (C=S) groups is 1. The summed E-state index contributed by atoms with van der Waals surface area (Å²) in [4.78, 5) is 0. The molecular formula is C10H15N3O2S2. The first kappa shape index (κ1) is 13.7. The Hall–Kier alpha value is -1.34. The van der Waals surface area contributed by atoms with Gasteiger partial charge in [0.25, 0.3) is 0 Å². The molecule has 1 atom stereocenters. The van der Waals surface area contributed by atoms with Crippen LogP contribution >= 0.6 is 12.2 Å². The molecule has 1 aromatic rings. The van der Waals surface area contributed by atoms with E-state index in [1.54, 1.807) is 12.1 Å². The summed E-state index contributed by atoms with van der Waals surface area (Å²) in [6.07, 6.45) is 1.11.